The molecule has 0 saturated heterocycles. The molecule has 1 atom stereocenters. The van der Waals surface area contributed by atoms with E-state index >= 15 is 0 Å². The van der Waals surface area contributed by atoms with Gasteiger partial charge in [0.1, 0.15) is 11.3 Å². The summed E-state index contributed by atoms with van der Waals surface area (Å²) in [5, 5.41) is 0. The Morgan fingerprint density at radius 3 is 2.90 bits per heavy atom. The molecule has 0 N–H and O–H groups in total. The molecule has 0 fully saturated rings. The largest absolute Gasteiger partial charge is 0.304 e. The average molecular weight is 351 g/mol. The van der Waals surface area contributed by atoms with Gasteiger partial charge in [0.25, 0.3) is 0 Å². The summed E-state index contributed by atoms with van der Waals surface area (Å²) in [7, 11) is 0. The van der Waals surface area contributed by atoms with Gasteiger partial charge < -0.3 is 4.57 Å². The first-order valence-electron chi connectivity index (χ1n) is 6.34. The quantitative estimate of drug-likeness (QED) is 0.649. The molecule has 3 rings (SSSR count). The normalized spacial score (nSPS) is 12.8. The van der Waals surface area contributed by atoms with Crippen LogP contribution in [0.5, 0.6) is 0 Å². The topological polar surface area (TPSA) is 30.7 Å². The lowest BCUT2D eigenvalue weighted by molar-refractivity contribution is 0.628. The molecule has 0 aliphatic carbocycles. The van der Waals surface area contributed by atoms with E-state index in [1.54, 1.807) is 6.20 Å². The summed E-state index contributed by atoms with van der Waals surface area (Å²) in [6, 6.07) is 12.2. The highest BCUT2D eigenvalue weighted by molar-refractivity contribution is 9.10. The molecule has 2 heterocycles. The Balaban J connectivity index is 2.17. The van der Waals surface area contributed by atoms with E-state index in [1.807, 2.05) is 24.3 Å². The molecule has 3 aromatic rings. The van der Waals surface area contributed by atoms with Crippen LogP contribution in [0.25, 0.3) is 11.2 Å². The number of alkyl halides is 1. The van der Waals surface area contributed by atoms with Crippen molar-refractivity contribution in [3.63, 3.8) is 0 Å². The Bertz CT molecular complexity index is 754. The van der Waals surface area contributed by atoms with Crippen LogP contribution in [0.15, 0.2) is 47.1 Å². The fourth-order valence-corrected chi connectivity index (χ4v) is 3.00. The number of halogens is 2. The van der Waals surface area contributed by atoms with Crippen LogP contribution in [0.1, 0.15) is 24.4 Å². The molecule has 102 valence electrons. The Morgan fingerprint density at radius 1 is 1.30 bits per heavy atom. The molecule has 0 bridgehead atoms. The van der Waals surface area contributed by atoms with Crippen molar-refractivity contribution in [2.45, 2.75) is 18.8 Å². The predicted octanol–water partition coefficient (Wildman–Crippen LogP) is 4.54. The molecule has 0 spiro atoms. The second kappa shape index (κ2) is 5.54. The van der Waals surface area contributed by atoms with Crippen molar-refractivity contribution < 1.29 is 0 Å². The molecule has 0 saturated carbocycles. The number of rotatable bonds is 3. The number of pyridine rings is 1. The van der Waals surface area contributed by atoms with Crippen LogP contribution in [0.4, 0.5) is 0 Å². The van der Waals surface area contributed by atoms with Crippen molar-refractivity contribution >= 4 is 38.7 Å². The van der Waals surface area contributed by atoms with E-state index in [1.165, 1.54) is 5.56 Å². The predicted molar refractivity (Wildman–Crippen MR) is 85.0 cm³/mol. The highest BCUT2D eigenvalue weighted by atomic mass is 79.9. The summed E-state index contributed by atoms with van der Waals surface area (Å²) >= 11 is 9.56. The van der Waals surface area contributed by atoms with Gasteiger partial charge in [-0.25, -0.2) is 9.97 Å². The summed E-state index contributed by atoms with van der Waals surface area (Å²) in [5.74, 6) is 1.21. The van der Waals surface area contributed by atoms with E-state index in [2.05, 4.69) is 49.5 Å². The maximum atomic E-state index is 6.05. The minimum Gasteiger partial charge on any atom is -0.304 e. The third-order valence-corrected chi connectivity index (χ3v) is 4.09. The molecular weight excluding hydrogens is 338 g/mol. The number of fused-ring (bicyclic) bond motifs is 1. The molecule has 0 aliphatic heterocycles. The van der Waals surface area contributed by atoms with Crippen molar-refractivity contribution in [3.8, 4) is 0 Å². The van der Waals surface area contributed by atoms with Crippen molar-refractivity contribution in [1.82, 2.24) is 14.5 Å². The van der Waals surface area contributed by atoms with E-state index in [0.717, 1.165) is 21.5 Å². The summed E-state index contributed by atoms with van der Waals surface area (Å²) in [6.07, 6.45) is 1.78. The smallest absolute Gasteiger partial charge is 0.160 e. The lowest BCUT2D eigenvalue weighted by Crippen LogP contribution is -2.10. The van der Waals surface area contributed by atoms with Gasteiger partial charge in [-0.05, 0) is 36.8 Å². The van der Waals surface area contributed by atoms with Crippen LogP contribution in [-0.4, -0.2) is 14.5 Å². The Hall–Kier alpha value is -1.39. The number of hydrogen-bond donors (Lipinski definition) is 0. The van der Waals surface area contributed by atoms with Crippen LogP contribution in [0, 0.1) is 0 Å². The van der Waals surface area contributed by atoms with E-state index in [9.17, 15) is 0 Å². The molecular formula is C15H13BrClN3. The third kappa shape index (κ3) is 2.34. The van der Waals surface area contributed by atoms with Crippen molar-refractivity contribution in [1.29, 1.82) is 0 Å². The first-order valence-corrected chi connectivity index (χ1v) is 7.66. The van der Waals surface area contributed by atoms with Gasteiger partial charge in [0, 0.05) is 10.7 Å². The maximum Gasteiger partial charge on any atom is 0.160 e. The molecule has 0 aliphatic rings. The van der Waals surface area contributed by atoms with Gasteiger partial charge in [-0.2, -0.15) is 0 Å². The van der Waals surface area contributed by atoms with Crippen LogP contribution < -0.4 is 0 Å². The van der Waals surface area contributed by atoms with Gasteiger partial charge in [-0.3, -0.25) is 0 Å². The van der Waals surface area contributed by atoms with Crippen molar-refractivity contribution in [2.24, 2.45) is 0 Å². The zero-order valence-electron chi connectivity index (χ0n) is 10.9. The molecule has 0 radical (unpaired) electrons. The van der Waals surface area contributed by atoms with Crippen molar-refractivity contribution in [3.05, 3.63) is 58.5 Å². The Kier molecular flexibility index (Phi) is 3.76. The van der Waals surface area contributed by atoms with Gasteiger partial charge >= 0.3 is 0 Å². The maximum absolute atomic E-state index is 6.05. The second-order valence-corrected chi connectivity index (χ2v) is 5.79. The van der Waals surface area contributed by atoms with Crippen molar-refractivity contribution in [2.75, 3.05) is 0 Å². The standard InChI is InChI=1S/C15H13BrClN3/c1-10(11-4-2-5-12(16)8-11)20-14(9-17)19-13-6-3-7-18-15(13)20/h2-8,10H,9H2,1H3. The fraction of sp³-hybridized carbons (Fsp3) is 0.200. The second-order valence-electron chi connectivity index (χ2n) is 4.61. The number of imidazole rings is 1. The fourth-order valence-electron chi connectivity index (χ4n) is 2.39. The summed E-state index contributed by atoms with van der Waals surface area (Å²) in [6.45, 7) is 2.13. The van der Waals surface area contributed by atoms with Crippen LogP contribution in [0.3, 0.4) is 0 Å². The van der Waals surface area contributed by atoms with Crippen LogP contribution >= 0.6 is 27.5 Å². The summed E-state index contributed by atoms with van der Waals surface area (Å²) < 4.78 is 3.16. The molecule has 20 heavy (non-hydrogen) atoms. The van der Waals surface area contributed by atoms with Crippen LogP contribution in [-0.2, 0) is 5.88 Å². The number of benzene rings is 1. The molecule has 2 aromatic heterocycles. The minimum absolute atomic E-state index is 0.126. The van der Waals surface area contributed by atoms with E-state index in [0.29, 0.717) is 5.88 Å². The molecule has 1 unspecified atom stereocenters. The molecule has 3 nitrogen and oxygen atoms in total. The monoisotopic (exact) mass is 349 g/mol. The zero-order chi connectivity index (χ0) is 14.1. The number of hydrogen-bond acceptors (Lipinski definition) is 2. The molecule has 5 heteroatoms. The highest BCUT2D eigenvalue weighted by Crippen LogP contribution is 2.27. The Morgan fingerprint density at radius 2 is 2.15 bits per heavy atom. The number of nitrogens with zero attached hydrogens (tertiary/aromatic N) is 3. The van der Waals surface area contributed by atoms with Gasteiger partial charge in [0.15, 0.2) is 5.65 Å². The van der Waals surface area contributed by atoms with E-state index < -0.39 is 0 Å². The molecule has 0 amide bonds. The molecule has 1 aromatic carbocycles. The van der Waals surface area contributed by atoms with Gasteiger partial charge in [-0.15, -0.1) is 11.6 Å². The first-order chi connectivity index (χ1) is 9.70. The Labute approximate surface area is 130 Å². The zero-order valence-corrected chi connectivity index (χ0v) is 13.3. The average Bonchev–Trinajstić information content (AvgIpc) is 2.85. The first kappa shape index (κ1) is 13.6. The van der Waals surface area contributed by atoms with E-state index in [4.69, 9.17) is 11.6 Å². The van der Waals surface area contributed by atoms with Crippen LogP contribution in [0.2, 0.25) is 0 Å². The lowest BCUT2D eigenvalue weighted by Gasteiger charge is -2.17. The van der Waals surface area contributed by atoms with E-state index in [-0.39, 0.29) is 6.04 Å². The summed E-state index contributed by atoms with van der Waals surface area (Å²) in [5.41, 5.74) is 2.94. The SMILES string of the molecule is CC(c1cccc(Br)c1)n1c(CCl)nc2cccnc21. The minimum atomic E-state index is 0.126. The number of aromatic nitrogens is 3. The van der Waals surface area contributed by atoms with Gasteiger partial charge in [0.05, 0.1) is 11.9 Å². The van der Waals surface area contributed by atoms with Gasteiger partial charge in [0.2, 0.25) is 0 Å². The summed E-state index contributed by atoms with van der Waals surface area (Å²) in [4.78, 5) is 9.01. The lowest BCUT2D eigenvalue weighted by atomic mass is 10.1. The highest BCUT2D eigenvalue weighted by Gasteiger charge is 2.17. The third-order valence-electron chi connectivity index (χ3n) is 3.36. The van der Waals surface area contributed by atoms with Gasteiger partial charge in [-0.1, -0.05) is 28.1 Å².